The SMILES string of the molecule is CNC1CCC(S(=O)(=O)C2CCOC2C)C1. The Morgan fingerprint density at radius 1 is 1.25 bits per heavy atom. The Morgan fingerprint density at radius 2 is 2.00 bits per heavy atom. The van der Waals surface area contributed by atoms with Gasteiger partial charge in [-0.2, -0.15) is 0 Å². The van der Waals surface area contributed by atoms with Crippen molar-refractivity contribution in [2.24, 2.45) is 0 Å². The van der Waals surface area contributed by atoms with Gasteiger partial charge < -0.3 is 10.1 Å². The smallest absolute Gasteiger partial charge is 0.158 e. The van der Waals surface area contributed by atoms with Gasteiger partial charge in [-0.3, -0.25) is 0 Å². The molecule has 0 aromatic heterocycles. The van der Waals surface area contributed by atoms with Gasteiger partial charge in [0.05, 0.1) is 16.6 Å². The molecule has 0 aromatic carbocycles. The van der Waals surface area contributed by atoms with E-state index >= 15 is 0 Å². The summed E-state index contributed by atoms with van der Waals surface area (Å²) in [6.07, 6.45) is 3.09. The van der Waals surface area contributed by atoms with E-state index in [1.54, 1.807) is 0 Å². The molecule has 4 atom stereocenters. The van der Waals surface area contributed by atoms with Crippen LogP contribution in [0.1, 0.15) is 32.6 Å². The minimum atomic E-state index is -3.00. The fraction of sp³-hybridized carbons (Fsp3) is 1.00. The molecule has 1 aliphatic heterocycles. The molecule has 0 spiro atoms. The van der Waals surface area contributed by atoms with E-state index in [0.29, 0.717) is 19.1 Å². The van der Waals surface area contributed by atoms with Crippen LogP contribution in [0.2, 0.25) is 0 Å². The summed E-state index contributed by atoms with van der Waals surface area (Å²) in [6.45, 7) is 2.47. The van der Waals surface area contributed by atoms with Crippen LogP contribution in [0.4, 0.5) is 0 Å². The second-order valence-corrected chi connectivity index (χ2v) is 7.36. The second-order valence-electron chi connectivity index (χ2n) is 4.91. The minimum absolute atomic E-state index is 0.126. The molecule has 4 nitrogen and oxygen atoms in total. The third-order valence-electron chi connectivity index (χ3n) is 3.99. The number of hydrogen-bond acceptors (Lipinski definition) is 4. The average Bonchev–Trinajstić information content (AvgIpc) is 2.85. The van der Waals surface area contributed by atoms with E-state index < -0.39 is 9.84 Å². The summed E-state index contributed by atoms with van der Waals surface area (Å²) in [5, 5.41) is 2.75. The van der Waals surface area contributed by atoms with E-state index in [4.69, 9.17) is 4.74 Å². The van der Waals surface area contributed by atoms with E-state index in [-0.39, 0.29) is 16.6 Å². The first-order valence-electron chi connectivity index (χ1n) is 6.07. The lowest BCUT2D eigenvalue weighted by Crippen LogP contribution is -2.36. The molecule has 0 radical (unpaired) electrons. The molecule has 1 N–H and O–H groups in total. The maximum absolute atomic E-state index is 12.4. The molecular formula is C11H21NO3S. The van der Waals surface area contributed by atoms with Gasteiger partial charge >= 0.3 is 0 Å². The topological polar surface area (TPSA) is 55.4 Å². The maximum Gasteiger partial charge on any atom is 0.158 e. The molecular weight excluding hydrogens is 226 g/mol. The third kappa shape index (κ3) is 2.13. The van der Waals surface area contributed by atoms with Crippen LogP contribution in [0.25, 0.3) is 0 Å². The Morgan fingerprint density at radius 3 is 2.50 bits per heavy atom. The maximum atomic E-state index is 12.4. The van der Waals surface area contributed by atoms with Crippen molar-refractivity contribution in [3.05, 3.63) is 0 Å². The van der Waals surface area contributed by atoms with E-state index in [2.05, 4.69) is 5.32 Å². The van der Waals surface area contributed by atoms with Gasteiger partial charge in [-0.25, -0.2) is 8.42 Å². The summed E-state index contributed by atoms with van der Waals surface area (Å²) in [4.78, 5) is 0. The Bertz CT molecular complexity index is 341. The van der Waals surface area contributed by atoms with E-state index in [1.807, 2.05) is 14.0 Å². The number of nitrogens with one attached hydrogen (secondary N) is 1. The van der Waals surface area contributed by atoms with Gasteiger partial charge in [-0.05, 0) is 39.7 Å². The molecule has 0 bridgehead atoms. The lowest BCUT2D eigenvalue weighted by molar-refractivity contribution is 0.126. The summed E-state index contributed by atoms with van der Waals surface area (Å²) in [5.74, 6) is 0. The van der Waals surface area contributed by atoms with Crippen molar-refractivity contribution >= 4 is 9.84 Å². The first-order chi connectivity index (χ1) is 7.55. The molecule has 0 amide bonds. The van der Waals surface area contributed by atoms with Crippen LogP contribution in [0.5, 0.6) is 0 Å². The number of hydrogen-bond donors (Lipinski definition) is 1. The Balaban J connectivity index is 2.08. The number of ether oxygens (including phenoxy) is 1. The van der Waals surface area contributed by atoms with Crippen LogP contribution >= 0.6 is 0 Å². The van der Waals surface area contributed by atoms with E-state index in [1.165, 1.54) is 0 Å². The Labute approximate surface area is 97.7 Å². The van der Waals surface area contributed by atoms with Gasteiger partial charge in [0.15, 0.2) is 9.84 Å². The fourth-order valence-corrected chi connectivity index (χ4v) is 5.39. The van der Waals surface area contributed by atoms with Crippen LogP contribution in [0.15, 0.2) is 0 Å². The monoisotopic (exact) mass is 247 g/mol. The molecule has 2 aliphatic rings. The molecule has 2 fully saturated rings. The summed E-state index contributed by atoms with van der Waals surface area (Å²) in [7, 11) is -1.09. The minimum Gasteiger partial charge on any atom is -0.377 e. The zero-order chi connectivity index (χ0) is 11.8. The van der Waals surface area contributed by atoms with Crippen LogP contribution in [0, 0.1) is 0 Å². The third-order valence-corrected chi connectivity index (χ3v) is 6.81. The largest absolute Gasteiger partial charge is 0.377 e. The molecule has 1 saturated heterocycles. The van der Waals surface area contributed by atoms with E-state index in [0.717, 1.165) is 19.3 Å². The lowest BCUT2D eigenvalue weighted by Gasteiger charge is -2.20. The summed E-state index contributed by atoms with van der Waals surface area (Å²) in [5.41, 5.74) is 0. The van der Waals surface area contributed by atoms with Crippen LogP contribution < -0.4 is 5.32 Å². The molecule has 0 aromatic rings. The highest BCUT2D eigenvalue weighted by atomic mass is 32.2. The van der Waals surface area contributed by atoms with Crippen molar-refractivity contribution in [2.75, 3.05) is 13.7 Å². The Hall–Kier alpha value is -0.130. The van der Waals surface area contributed by atoms with Crippen molar-refractivity contribution in [2.45, 2.75) is 55.3 Å². The van der Waals surface area contributed by atoms with E-state index in [9.17, 15) is 8.42 Å². The molecule has 2 rings (SSSR count). The van der Waals surface area contributed by atoms with Gasteiger partial charge in [0.25, 0.3) is 0 Å². The zero-order valence-corrected chi connectivity index (χ0v) is 10.8. The van der Waals surface area contributed by atoms with Gasteiger partial charge in [-0.1, -0.05) is 0 Å². The molecule has 1 heterocycles. The molecule has 94 valence electrons. The predicted octanol–water partition coefficient (Wildman–Crippen LogP) is 0.719. The standard InChI is InChI=1S/C11H21NO3S/c1-8-11(5-6-15-8)16(13,14)10-4-3-9(7-10)12-2/h8-12H,3-7H2,1-2H3. The highest BCUT2D eigenvalue weighted by Crippen LogP contribution is 2.32. The summed E-state index contributed by atoms with van der Waals surface area (Å²) >= 11 is 0. The molecule has 1 aliphatic carbocycles. The van der Waals surface area contributed by atoms with Crippen molar-refractivity contribution < 1.29 is 13.2 Å². The predicted molar refractivity (Wildman–Crippen MR) is 63.2 cm³/mol. The van der Waals surface area contributed by atoms with Crippen molar-refractivity contribution in [3.8, 4) is 0 Å². The summed E-state index contributed by atoms with van der Waals surface area (Å²) in [6, 6.07) is 0.373. The first kappa shape index (κ1) is 12.3. The molecule has 5 heteroatoms. The Kier molecular flexibility index (Phi) is 3.56. The fourth-order valence-electron chi connectivity index (χ4n) is 2.89. The van der Waals surface area contributed by atoms with Crippen molar-refractivity contribution in [1.29, 1.82) is 0 Å². The van der Waals surface area contributed by atoms with Gasteiger partial charge in [0.1, 0.15) is 0 Å². The van der Waals surface area contributed by atoms with Crippen LogP contribution in [0.3, 0.4) is 0 Å². The molecule has 4 unspecified atom stereocenters. The average molecular weight is 247 g/mol. The summed E-state index contributed by atoms with van der Waals surface area (Å²) < 4.78 is 30.2. The van der Waals surface area contributed by atoms with Gasteiger partial charge in [0, 0.05) is 12.6 Å². The molecule has 1 saturated carbocycles. The van der Waals surface area contributed by atoms with Crippen molar-refractivity contribution in [3.63, 3.8) is 0 Å². The van der Waals surface area contributed by atoms with Crippen LogP contribution in [-0.2, 0) is 14.6 Å². The zero-order valence-electron chi connectivity index (χ0n) is 9.98. The highest BCUT2D eigenvalue weighted by Gasteiger charge is 2.43. The molecule has 16 heavy (non-hydrogen) atoms. The second kappa shape index (κ2) is 4.63. The normalized spacial score (nSPS) is 40.4. The van der Waals surface area contributed by atoms with Crippen molar-refractivity contribution in [1.82, 2.24) is 5.32 Å². The number of rotatable bonds is 3. The number of sulfone groups is 1. The quantitative estimate of drug-likeness (QED) is 0.798. The first-order valence-corrected chi connectivity index (χ1v) is 7.68. The van der Waals surface area contributed by atoms with Gasteiger partial charge in [-0.15, -0.1) is 0 Å². The van der Waals surface area contributed by atoms with Crippen LogP contribution in [-0.4, -0.2) is 44.7 Å². The van der Waals surface area contributed by atoms with Gasteiger partial charge in [0.2, 0.25) is 0 Å². The highest BCUT2D eigenvalue weighted by molar-refractivity contribution is 7.92. The lowest BCUT2D eigenvalue weighted by atomic mass is 10.2.